The number of aromatic amines is 1. The Morgan fingerprint density at radius 3 is 2.69 bits per heavy atom. The number of nitriles is 1. The molecule has 172 valence electrons. The summed E-state index contributed by atoms with van der Waals surface area (Å²) in [5.41, 5.74) is 8.98. The molecule has 0 amide bonds. The van der Waals surface area contributed by atoms with Crippen molar-refractivity contribution >= 4 is 34.4 Å². The number of nitrogens with one attached hydrogen (secondary N) is 2. The number of para-hydroxylation sites is 2. The van der Waals surface area contributed by atoms with Crippen LogP contribution < -0.4 is 9.83 Å². The van der Waals surface area contributed by atoms with Crippen molar-refractivity contribution in [2.24, 2.45) is 5.10 Å². The van der Waals surface area contributed by atoms with E-state index in [-0.39, 0.29) is 5.69 Å². The van der Waals surface area contributed by atoms with E-state index in [0.717, 1.165) is 33.5 Å². The highest BCUT2D eigenvalue weighted by atomic mass is 16.6. The van der Waals surface area contributed by atoms with Crippen molar-refractivity contribution in [3.63, 3.8) is 0 Å². The van der Waals surface area contributed by atoms with Gasteiger partial charge in [-0.3, -0.25) is 15.1 Å². The number of aromatic nitrogens is 2. The van der Waals surface area contributed by atoms with Crippen molar-refractivity contribution in [1.82, 2.24) is 4.98 Å². The van der Waals surface area contributed by atoms with Crippen LogP contribution in [0.2, 0.25) is 0 Å². The minimum absolute atomic E-state index is 0.0248. The number of furan rings is 1. The van der Waals surface area contributed by atoms with Crippen molar-refractivity contribution < 1.29 is 13.7 Å². The Labute approximate surface area is 200 Å². The lowest BCUT2D eigenvalue weighted by atomic mass is 10.0. The highest BCUT2D eigenvalue weighted by Crippen LogP contribution is 2.26. The number of fused-ring (bicyclic) bond motifs is 3. The first-order valence-electron chi connectivity index (χ1n) is 11.0. The monoisotopic (exact) mass is 465 g/mol. The van der Waals surface area contributed by atoms with Crippen molar-refractivity contribution in [3.05, 3.63) is 93.2 Å². The maximum Gasteiger partial charge on any atom is 0.269 e. The minimum Gasteiger partial charge on any atom is -0.455 e. The van der Waals surface area contributed by atoms with Crippen LogP contribution in [0.4, 0.5) is 11.5 Å². The van der Waals surface area contributed by atoms with E-state index in [4.69, 9.17) is 4.42 Å². The van der Waals surface area contributed by atoms with Gasteiger partial charge in [-0.2, -0.15) is 15.1 Å². The van der Waals surface area contributed by atoms with Gasteiger partial charge in [-0.05, 0) is 55.3 Å². The van der Waals surface area contributed by atoms with Gasteiger partial charge in [0, 0.05) is 23.3 Å². The zero-order chi connectivity index (χ0) is 24.5. The number of rotatable bonds is 6. The number of nitro groups is 1. The summed E-state index contributed by atoms with van der Waals surface area (Å²) in [6.45, 7) is 3.99. The molecule has 9 nitrogen and oxygen atoms in total. The zero-order valence-corrected chi connectivity index (χ0v) is 19.1. The number of benzene rings is 2. The number of nitro benzene ring substituents is 1. The lowest BCUT2D eigenvalue weighted by molar-refractivity contribution is -0.465. The number of imidazole rings is 1. The lowest BCUT2D eigenvalue weighted by Gasteiger charge is -2.10. The van der Waals surface area contributed by atoms with E-state index in [2.05, 4.69) is 21.6 Å². The van der Waals surface area contributed by atoms with Crippen LogP contribution in [-0.2, 0) is 6.42 Å². The van der Waals surface area contributed by atoms with Gasteiger partial charge in [0.1, 0.15) is 40.4 Å². The molecule has 5 aromatic rings. The predicted molar refractivity (Wildman–Crippen MR) is 132 cm³/mol. The molecule has 0 saturated heterocycles. The van der Waals surface area contributed by atoms with Crippen molar-refractivity contribution in [3.8, 4) is 17.4 Å². The van der Waals surface area contributed by atoms with E-state index in [1.165, 1.54) is 12.1 Å². The van der Waals surface area contributed by atoms with E-state index >= 15 is 0 Å². The second kappa shape index (κ2) is 8.76. The molecular weight excluding hydrogens is 444 g/mol. The number of non-ortho nitro benzene ring substituents is 1. The summed E-state index contributed by atoms with van der Waals surface area (Å²) in [6.07, 6.45) is 2.29. The molecule has 2 N–H and O–H groups in total. The molecule has 0 aliphatic carbocycles. The molecule has 2 aromatic carbocycles. The number of anilines is 1. The smallest absolute Gasteiger partial charge is 0.269 e. The molecule has 35 heavy (non-hydrogen) atoms. The van der Waals surface area contributed by atoms with Crippen LogP contribution in [0, 0.1) is 28.4 Å². The van der Waals surface area contributed by atoms with Gasteiger partial charge in [0.2, 0.25) is 5.65 Å². The molecule has 0 spiro atoms. The normalized spacial score (nSPS) is 11.3. The quantitative estimate of drug-likeness (QED) is 0.153. The van der Waals surface area contributed by atoms with Gasteiger partial charge in [0.15, 0.2) is 0 Å². The van der Waals surface area contributed by atoms with Gasteiger partial charge in [-0.25, -0.2) is 0 Å². The summed E-state index contributed by atoms with van der Waals surface area (Å²) in [5.74, 6) is 1.88. The molecule has 3 heterocycles. The van der Waals surface area contributed by atoms with Crippen molar-refractivity contribution in [2.75, 3.05) is 5.43 Å². The third kappa shape index (κ3) is 3.77. The van der Waals surface area contributed by atoms with Crippen LogP contribution >= 0.6 is 0 Å². The number of H-pyrrole nitrogens is 1. The van der Waals surface area contributed by atoms with Crippen molar-refractivity contribution in [2.45, 2.75) is 20.3 Å². The number of pyridine rings is 1. The summed E-state index contributed by atoms with van der Waals surface area (Å²) in [7, 11) is 0. The van der Waals surface area contributed by atoms with Crippen molar-refractivity contribution in [1.29, 1.82) is 5.26 Å². The molecule has 0 atom stereocenters. The first kappa shape index (κ1) is 21.9. The molecule has 9 heteroatoms. The number of nitrogens with zero attached hydrogens (tertiary/aromatic N) is 4. The highest BCUT2D eigenvalue weighted by Gasteiger charge is 2.24. The van der Waals surface area contributed by atoms with Crippen LogP contribution in [0.3, 0.4) is 0 Å². The van der Waals surface area contributed by atoms with Crippen LogP contribution in [0.1, 0.15) is 29.4 Å². The van der Waals surface area contributed by atoms with Gasteiger partial charge in [-0.1, -0.05) is 19.1 Å². The Hall–Kier alpha value is -4.97. The van der Waals surface area contributed by atoms with Gasteiger partial charge < -0.3 is 4.42 Å². The molecule has 0 radical (unpaired) electrons. The molecule has 0 fully saturated rings. The molecular formula is C26H21N6O3+. The Bertz CT molecular complexity index is 1660. The Morgan fingerprint density at radius 1 is 1.20 bits per heavy atom. The van der Waals surface area contributed by atoms with E-state index < -0.39 is 4.92 Å². The van der Waals surface area contributed by atoms with Gasteiger partial charge in [0.25, 0.3) is 11.5 Å². The Morgan fingerprint density at radius 2 is 1.97 bits per heavy atom. The molecule has 0 unspecified atom stereocenters. The molecule has 0 bridgehead atoms. The van der Waals surface area contributed by atoms with E-state index in [1.54, 1.807) is 30.5 Å². The lowest BCUT2D eigenvalue weighted by Crippen LogP contribution is -2.28. The SMILES string of the molecule is CCc1c(C)c(C#N)c2[nH]c3ccccc3[n+]2c1N/N=C\c1ccc(-c2ccc([N+](=O)[O-])cc2)o1. The minimum atomic E-state index is -0.437. The molecule has 0 saturated carbocycles. The summed E-state index contributed by atoms with van der Waals surface area (Å²) in [4.78, 5) is 13.8. The molecule has 3 aromatic heterocycles. The maximum absolute atomic E-state index is 10.9. The fourth-order valence-electron chi connectivity index (χ4n) is 4.29. The molecule has 0 aliphatic heterocycles. The second-order valence-electron chi connectivity index (χ2n) is 7.99. The van der Waals surface area contributed by atoms with Gasteiger partial charge in [0.05, 0.1) is 4.92 Å². The standard InChI is InChI=1S/C26H20N6O3/c1-3-20-16(2)21(14-27)25-29-22-6-4-5-7-23(22)31(25)26(20)30-28-15-19-12-13-24(35-19)17-8-10-18(11-9-17)32(33)34/h4-13,15H,3H2,1-2H3,(H,29,30)/p+1/b28-15-. The van der Waals surface area contributed by atoms with E-state index in [1.807, 2.05) is 42.5 Å². The summed E-state index contributed by atoms with van der Waals surface area (Å²) in [6, 6.07) is 20.0. The molecule has 5 rings (SSSR count). The number of hydrogen-bond acceptors (Lipinski definition) is 6. The zero-order valence-electron chi connectivity index (χ0n) is 19.1. The Balaban J connectivity index is 1.50. The van der Waals surface area contributed by atoms with Gasteiger partial charge >= 0.3 is 0 Å². The second-order valence-corrected chi connectivity index (χ2v) is 7.99. The fraction of sp³-hybridized carbons (Fsp3) is 0.115. The van der Waals surface area contributed by atoms with Crippen LogP contribution in [0.5, 0.6) is 0 Å². The summed E-state index contributed by atoms with van der Waals surface area (Å²) in [5, 5.41) is 25.1. The topological polar surface area (TPSA) is 124 Å². The summed E-state index contributed by atoms with van der Waals surface area (Å²) >= 11 is 0. The van der Waals surface area contributed by atoms with Crippen LogP contribution in [-0.4, -0.2) is 16.1 Å². The number of hydrazone groups is 1. The first-order chi connectivity index (χ1) is 17.0. The predicted octanol–water partition coefficient (Wildman–Crippen LogP) is 5.26. The van der Waals surface area contributed by atoms with Crippen LogP contribution in [0.25, 0.3) is 28.0 Å². The first-order valence-corrected chi connectivity index (χ1v) is 11.0. The summed E-state index contributed by atoms with van der Waals surface area (Å²) < 4.78 is 7.84. The third-order valence-electron chi connectivity index (χ3n) is 6.01. The number of hydrogen-bond donors (Lipinski definition) is 2. The van der Waals surface area contributed by atoms with Crippen LogP contribution in [0.15, 0.2) is 70.2 Å². The highest BCUT2D eigenvalue weighted by molar-refractivity contribution is 5.80. The van der Waals surface area contributed by atoms with E-state index in [0.29, 0.717) is 29.2 Å². The fourth-order valence-corrected chi connectivity index (χ4v) is 4.29. The maximum atomic E-state index is 10.9. The van der Waals surface area contributed by atoms with Gasteiger partial charge in [-0.15, -0.1) is 5.10 Å². The van der Waals surface area contributed by atoms with E-state index in [9.17, 15) is 15.4 Å². The average molecular weight is 465 g/mol. The Kier molecular flexibility index (Phi) is 5.47. The third-order valence-corrected chi connectivity index (χ3v) is 6.01. The largest absolute Gasteiger partial charge is 0.455 e. The average Bonchev–Trinajstić information content (AvgIpc) is 3.49. The molecule has 0 aliphatic rings.